The number of rotatable bonds is 39. The first-order valence-corrected chi connectivity index (χ1v) is 23.1. The van der Waals surface area contributed by atoms with E-state index in [1.165, 1.54) is 51.4 Å². The molecule has 0 amide bonds. The summed E-state index contributed by atoms with van der Waals surface area (Å²) in [5, 5.41) is 8.88. The Morgan fingerprint density at radius 1 is 0.552 bits per heavy atom. The highest BCUT2D eigenvalue weighted by atomic mass is 31.2. The molecule has 0 aliphatic rings. The Morgan fingerprint density at radius 2 is 1.00 bits per heavy atom. The Labute approximate surface area is 350 Å². The summed E-state index contributed by atoms with van der Waals surface area (Å²) in [6.07, 6.45) is 49.5. The number of carbonyl (C=O) groups excluding carboxylic acids is 2. The van der Waals surface area contributed by atoms with Gasteiger partial charge in [-0.2, -0.15) is 0 Å². The van der Waals surface area contributed by atoms with Crippen molar-refractivity contribution in [2.24, 2.45) is 5.73 Å². The van der Waals surface area contributed by atoms with Gasteiger partial charge in [0.1, 0.15) is 12.6 Å². The quantitative estimate of drug-likeness (QED) is 0.0233. The molecule has 12 heteroatoms. The van der Waals surface area contributed by atoms with Crippen molar-refractivity contribution < 1.29 is 47.5 Å². The van der Waals surface area contributed by atoms with Crippen LogP contribution in [0.4, 0.5) is 0 Å². The molecule has 0 radical (unpaired) electrons. The van der Waals surface area contributed by atoms with Gasteiger partial charge in [0.25, 0.3) is 0 Å². The van der Waals surface area contributed by atoms with Gasteiger partial charge in [-0.15, -0.1) is 0 Å². The molecule has 0 fully saturated rings. The molecule has 330 valence electrons. The second-order valence-electron chi connectivity index (χ2n) is 14.1. The Hall–Kier alpha value is -3.34. The predicted octanol–water partition coefficient (Wildman–Crippen LogP) is 11.5. The normalized spacial score (nSPS) is 14.6. The molecule has 0 aromatic heterocycles. The number of allylic oxidation sites excluding steroid dienone is 14. The van der Waals surface area contributed by atoms with E-state index in [1.807, 2.05) is 12.2 Å². The first kappa shape index (κ1) is 54.7. The standard InChI is InChI=1S/C46H76NO10P/c1-3-5-7-9-11-13-15-17-19-20-21-22-24-25-27-29-31-33-35-37-44(48)54-39-42(40-55-58(52,53)56-41-43(47)46(50)51)57-45(49)38-36-34-32-30-28-26-23-18-16-14-12-10-8-6-4-2/h5,7,11,13,17,19,21-22,25-28,31,33,42-43H,3-4,6,8-10,12,14-16,18,20,23-24,29-30,32,34-41,47H2,1-2H3,(H,50,51)(H,52,53)/b7-5+,13-11+,19-17+,22-21+,27-25+,28-26+,33-31+/t42-,43+/m1/s1. The lowest BCUT2D eigenvalue weighted by molar-refractivity contribution is -0.161. The van der Waals surface area contributed by atoms with Crippen molar-refractivity contribution in [2.45, 2.75) is 167 Å². The van der Waals surface area contributed by atoms with E-state index in [0.717, 1.165) is 64.2 Å². The summed E-state index contributed by atoms with van der Waals surface area (Å²) < 4.78 is 32.6. The topological polar surface area (TPSA) is 172 Å². The third-order valence-corrected chi connectivity index (χ3v) is 9.59. The van der Waals surface area contributed by atoms with Crippen molar-refractivity contribution in [2.75, 3.05) is 19.8 Å². The number of carboxylic acid groups (broad SMARTS) is 1. The van der Waals surface area contributed by atoms with Crippen molar-refractivity contribution >= 4 is 25.7 Å². The highest BCUT2D eigenvalue weighted by Gasteiger charge is 2.28. The molecule has 0 bridgehead atoms. The van der Waals surface area contributed by atoms with Gasteiger partial charge in [0, 0.05) is 12.8 Å². The number of aliphatic carboxylic acids is 1. The average Bonchev–Trinajstić information content (AvgIpc) is 3.20. The Kier molecular flexibility index (Phi) is 38.1. The number of phosphoric ester groups is 1. The van der Waals surface area contributed by atoms with Crippen LogP contribution in [0.5, 0.6) is 0 Å². The minimum atomic E-state index is -4.74. The summed E-state index contributed by atoms with van der Waals surface area (Å²) in [7, 11) is -4.74. The van der Waals surface area contributed by atoms with Crippen LogP contribution in [0.15, 0.2) is 85.1 Å². The molecule has 0 aliphatic heterocycles. The largest absolute Gasteiger partial charge is 0.480 e. The lowest BCUT2D eigenvalue weighted by atomic mass is 10.1. The first-order valence-electron chi connectivity index (χ1n) is 21.6. The van der Waals surface area contributed by atoms with E-state index in [4.69, 9.17) is 24.8 Å². The van der Waals surface area contributed by atoms with E-state index >= 15 is 0 Å². The van der Waals surface area contributed by atoms with Crippen LogP contribution < -0.4 is 5.73 Å². The molecule has 0 heterocycles. The van der Waals surface area contributed by atoms with Crippen LogP contribution in [0.25, 0.3) is 0 Å². The van der Waals surface area contributed by atoms with Crippen molar-refractivity contribution in [3.63, 3.8) is 0 Å². The molecule has 4 N–H and O–H groups in total. The summed E-state index contributed by atoms with van der Waals surface area (Å²) in [5.74, 6) is -2.51. The molecule has 0 saturated carbocycles. The van der Waals surface area contributed by atoms with Crippen molar-refractivity contribution in [1.82, 2.24) is 0 Å². The van der Waals surface area contributed by atoms with Gasteiger partial charge in [-0.1, -0.05) is 150 Å². The monoisotopic (exact) mass is 834 g/mol. The van der Waals surface area contributed by atoms with Crippen molar-refractivity contribution in [3.8, 4) is 0 Å². The average molecular weight is 834 g/mol. The fourth-order valence-electron chi connectivity index (χ4n) is 5.26. The summed E-state index contributed by atoms with van der Waals surface area (Å²) in [4.78, 5) is 45.9. The summed E-state index contributed by atoms with van der Waals surface area (Å²) in [5.41, 5.74) is 5.32. The maximum Gasteiger partial charge on any atom is 0.472 e. The highest BCUT2D eigenvalue weighted by Crippen LogP contribution is 2.43. The maximum atomic E-state index is 12.6. The van der Waals surface area contributed by atoms with Gasteiger partial charge in [-0.25, -0.2) is 4.57 Å². The number of phosphoric acid groups is 1. The van der Waals surface area contributed by atoms with Crippen LogP contribution in [0, 0.1) is 0 Å². The summed E-state index contributed by atoms with van der Waals surface area (Å²) in [6.45, 7) is 2.58. The zero-order valence-electron chi connectivity index (χ0n) is 35.6. The molecular weight excluding hydrogens is 757 g/mol. The number of hydrogen-bond donors (Lipinski definition) is 3. The van der Waals surface area contributed by atoms with Crippen LogP contribution in [0.1, 0.15) is 155 Å². The van der Waals surface area contributed by atoms with Gasteiger partial charge >= 0.3 is 25.7 Å². The number of carbonyl (C=O) groups is 3. The minimum absolute atomic E-state index is 0.0892. The van der Waals surface area contributed by atoms with Crippen LogP contribution in [-0.2, 0) is 37.5 Å². The van der Waals surface area contributed by atoms with E-state index in [1.54, 1.807) is 0 Å². The van der Waals surface area contributed by atoms with Crippen LogP contribution in [0.2, 0.25) is 0 Å². The van der Waals surface area contributed by atoms with Gasteiger partial charge in [0.05, 0.1) is 13.2 Å². The highest BCUT2D eigenvalue weighted by molar-refractivity contribution is 7.47. The fourth-order valence-corrected chi connectivity index (χ4v) is 6.04. The van der Waals surface area contributed by atoms with E-state index in [9.17, 15) is 23.8 Å². The SMILES string of the molecule is CC/C=C/C/C=C/C/C=C/C/C=C/C/C=C/C/C=C/CCC(=O)OC[C@H](COP(=O)(O)OC[C@H](N)C(=O)O)OC(=O)CCCCC/C=C/CCCCCCCCCC. The molecule has 11 nitrogen and oxygen atoms in total. The smallest absolute Gasteiger partial charge is 0.472 e. The third kappa shape index (κ3) is 39.5. The van der Waals surface area contributed by atoms with E-state index in [2.05, 4.69) is 91.3 Å². The van der Waals surface area contributed by atoms with Gasteiger partial charge in [-0.3, -0.25) is 23.4 Å². The molecule has 0 spiro atoms. The molecule has 0 aliphatic carbocycles. The molecule has 3 atom stereocenters. The lowest BCUT2D eigenvalue weighted by Gasteiger charge is -2.20. The number of unbranched alkanes of at least 4 members (excludes halogenated alkanes) is 11. The lowest BCUT2D eigenvalue weighted by Crippen LogP contribution is -2.34. The Balaban J connectivity index is 4.53. The summed E-state index contributed by atoms with van der Waals surface area (Å²) >= 11 is 0. The predicted molar refractivity (Wildman–Crippen MR) is 235 cm³/mol. The molecule has 0 aromatic carbocycles. The zero-order valence-corrected chi connectivity index (χ0v) is 36.5. The Bertz CT molecular complexity index is 1300. The summed E-state index contributed by atoms with van der Waals surface area (Å²) in [6, 6.07) is -1.54. The van der Waals surface area contributed by atoms with Gasteiger partial charge in [0.2, 0.25) is 0 Å². The van der Waals surface area contributed by atoms with E-state index < -0.39 is 57.7 Å². The second-order valence-corrected chi connectivity index (χ2v) is 15.5. The number of hydrogen-bond acceptors (Lipinski definition) is 9. The van der Waals surface area contributed by atoms with Crippen molar-refractivity contribution in [3.05, 3.63) is 85.1 Å². The number of nitrogens with two attached hydrogens (primary N) is 1. The van der Waals surface area contributed by atoms with Crippen LogP contribution in [-0.4, -0.2) is 59.9 Å². The Morgan fingerprint density at radius 3 is 1.52 bits per heavy atom. The number of ether oxygens (including phenoxy) is 2. The first-order chi connectivity index (χ1) is 28.1. The molecule has 0 saturated heterocycles. The molecular formula is C46H76NO10P. The zero-order chi connectivity index (χ0) is 42.8. The van der Waals surface area contributed by atoms with Crippen LogP contribution in [0.3, 0.4) is 0 Å². The van der Waals surface area contributed by atoms with Crippen LogP contribution >= 0.6 is 7.82 Å². The molecule has 1 unspecified atom stereocenters. The van der Waals surface area contributed by atoms with Crippen molar-refractivity contribution in [1.29, 1.82) is 0 Å². The van der Waals surface area contributed by atoms with E-state index in [0.29, 0.717) is 12.8 Å². The molecule has 0 rings (SSSR count). The second kappa shape index (κ2) is 40.4. The van der Waals surface area contributed by atoms with Gasteiger partial charge in [-0.05, 0) is 77.0 Å². The van der Waals surface area contributed by atoms with Gasteiger partial charge in [0.15, 0.2) is 6.10 Å². The number of carboxylic acids is 1. The third-order valence-electron chi connectivity index (χ3n) is 8.64. The van der Waals surface area contributed by atoms with E-state index in [-0.39, 0.29) is 12.8 Å². The maximum absolute atomic E-state index is 12.6. The molecule has 0 aromatic rings. The fraction of sp³-hybridized carbons (Fsp3) is 0.630. The minimum Gasteiger partial charge on any atom is -0.480 e. The van der Waals surface area contributed by atoms with Gasteiger partial charge < -0.3 is 25.2 Å². The molecule has 58 heavy (non-hydrogen) atoms. The number of esters is 2.